The number of fused-ring (bicyclic) bond motifs is 1. The van der Waals surface area contributed by atoms with Gasteiger partial charge in [-0.25, -0.2) is 5.43 Å². The van der Waals surface area contributed by atoms with E-state index in [2.05, 4.69) is 28.0 Å². The Kier molecular flexibility index (Phi) is 3.28. The molecule has 18 heavy (non-hydrogen) atoms. The lowest BCUT2D eigenvalue weighted by Crippen LogP contribution is -2.60. The van der Waals surface area contributed by atoms with Gasteiger partial charge in [-0.05, 0) is 42.9 Å². The van der Waals surface area contributed by atoms with E-state index in [1.165, 1.54) is 24.8 Å². The summed E-state index contributed by atoms with van der Waals surface area (Å²) in [5.74, 6) is 0.887. The maximum absolute atomic E-state index is 11.8. The highest BCUT2D eigenvalue weighted by molar-refractivity contribution is 5.79. The second-order valence-electron chi connectivity index (χ2n) is 5.35. The first-order valence-electron chi connectivity index (χ1n) is 6.79. The molecule has 3 rings (SSSR count). The van der Waals surface area contributed by atoms with Crippen molar-refractivity contribution in [2.45, 2.75) is 38.1 Å². The highest BCUT2D eigenvalue weighted by atomic mass is 16.2. The van der Waals surface area contributed by atoms with Gasteiger partial charge in [0.15, 0.2) is 0 Å². The Labute approximate surface area is 107 Å². The lowest BCUT2D eigenvalue weighted by molar-refractivity contribution is -0.133. The number of amides is 1. The van der Waals surface area contributed by atoms with E-state index in [9.17, 15) is 4.79 Å². The van der Waals surface area contributed by atoms with Crippen LogP contribution in [-0.2, 0) is 11.2 Å². The van der Waals surface area contributed by atoms with Crippen LogP contribution in [-0.4, -0.2) is 16.9 Å². The molecule has 1 aromatic heterocycles. The molecule has 96 valence electrons. The van der Waals surface area contributed by atoms with Gasteiger partial charge in [0.1, 0.15) is 0 Å². The molecule has 4 nitrogen and oxygen atoms in total. The van der Waals surface area contributed by atoms with Gasteiger partial charge in [-0.2, -0.15) is 0 Å². The molecule has 0 bridgehead atoms. The van der Waals surface area contributed by atoms with Gasteiger partial charge < -0.3 is 0 Å². The maximum atomic E-state index is 11.8. The molecular weight excluding hydrogens is 226 g/mol. The Morgan fingerprint density at radius 1 is 1.22 bits per heavy atom. The molecule has 1 saturated heterocycles. The van der Waals surface area contributed by atoms with E-state index >= 15 is 0 Å². The molecule has 3 unspecified atom stereocenters. The van der Waals surface area contributed by atoms with Crippen LogP contribution in [0.15, 0.2) is 24.5 Å². The summed E-state index contributed by atoms with van der Waals surface area (Å²) >= 11 is 0. The highest BCUT2D eigenvalue weighted by Crippen LogP contribution is 2.35. The van der Waals surface area contributed by atoms with Gasteiger partial charge in [-0.3, -0.25) is 15.2 Å². The van der Waals surface area contributed by atoms with Crippen LogP contribution in [0, 0.1) is 11.8 Å². The maximum Gasteiger partial charge on any atom is 0.237 e. The molecular formula is C14H19N3O. The fourth-order valence-electron chi connectivity index (χ4n) is 3.31. The van der Waals surface area contributed by atoms with Gasteiger partial charge in [0.2, 0.25) is 5.91 Å². The number of nitrogens with zero attached hydrogens (tertiary/aromatic N) is 1. The summed E-state index contributed by atoms with van der Waals surface area (Å²) in [6, 6.07) is 4.46. The molecule has 2 fully saturated rings. The molecule has 1 saturated carbocycles. The molecule has 0 spiro atoms. The van der Waals surface area contributed by atoms with Crippen LogP contribution in [0.25, 0.3) is 0 Å². The molecule has 0 aromatic carbocycles. The number of aromatic nitrogens is 1. The minimum absolute atomic E-state index is 0.186. The van der Waals surface area contributed by atoms with Gasteiger partial charge in [0, 0.05) is 24.4 Å². The van der Waals surface area contributed by atoms with Crippen LogP contribution >= 0.6 is 0 Å². The highest BCUT2D eigenvalue weighted by Gasteiger charge is 2.39. The number of carbonyl (C=O) groups excluding carboxylic acids is 1. The number of hydrogen-bond acceptors (Lipinski definition) is 3. The summed E-state index contributed by atoms with van der Waals surface area (Å²) < 4.78 is 0. The predicted octanol–water partition coefficient (Wildman–Crippen LogP) is 1.43. The second-order valence-corrected chi connectivity index (χ2v) is 5.35. The molecule has 2 N–H and O–H groups in total. The van der Waals surface area contributed by atoms with Crippen molar-refractivity contribution in [3.8, 4) is 0 Å². The molecule has 1 amide bonds. The average Bonchev–Trinajstić information content (AvgIpc) is 2.44. The number of carbonyl (C=O) groups is 1. The van der Waals surface area contributed by atoms with Crippen molar-refractivity contribution in [1.82, 2.24) is 15.8 Å². The van der Waals surface area contributed by atoms with E-state index in [1.807, 2.05) is 12.4 Å². The summed E-state index contributed by atoms with van der Waals surface area (Å²) in [7, 11) is 0. The van der Waals surface area contributed by atoms with Crippen LogP contribution in [0.1, 0.15) is 31.2 Å². The summed E-state index contributed by atoms with van der Waals surface area (Å²) in [5, 5.41) is 0. The first kappa shape index (κ1) is 11.7. The summed E-state index contributed by atoms with van der Waals surface area (Å²) in [6.07, 6.45) is 9.28. The zero-order valence-electron chi connectivity index (χ0n) is 10.4. The number of nitrogens with one attached hydrogen (secondary N) is 2. The van der Waals surface area contributed by atoms with E-state index in [-0.39, 0.29) is 11.8 Å². The van der Waals surface area contributed by atoms with Crippen molar-refractivity contribution in [3.63, 3.8) is 0 Å². The van der Waals surface area contributed by atoms with Crippen molar-refractivity contribution in [2.75, 3.05) is 0 Å². The van der Waals surface area contributed by atoms with Crippen molar-refractivity contribution in [1.29, 1.82) is 0 Å². The standard InChI is InChI=1S/C14H19N3O/c18-14-12-4-2-1-3-11(12)13(16-17-14)9-10-5-7-15-8-6-10/h5-8,11-13,16H,1-4,9H2,(H,17,18). The Bertz CT molecular complexity index is 420. The predicted molar refractivity (Wildman–Crippen MR) is 68.5 cm³/mol. The average molecular weight is 245 g/mol. The zero-order valence-corrected chi connectivity index (χ0v) is 10.4. The Hall–Kier alpha value is -1.42. The Morgan fingerprint density at radius 2 is 2.00 bits per heavy atom. The largest absolute Gasteiger partial charge is 0.291 e. The molecule has 4 heteroatoms. The monoisotopic (exact) mass is 245 g/mol. The van der Waals surface area contributed by atoms with Gasteiger partial charge in [-0.1, -0.05) is 12.8 Å². The van der Waals surface area contributed by atoms with Gasteiger partial charge in [-0.15, -0.1) is 0 Å². The fourth-order valence-corrected chi connectivity index (χ4v) is 3.31. The third-order valence-corrected chi connectivity index (χ3v) is 4.26. The van der Waals surface area contributed by atoms with Gasteiger partial charge in [0.05, 0.1) is 0 Å². The number of hydrogen-bond donors (Lipinski definition) is 2. The number of pyridine rings is 1. The number of rotatable bonds is 2. The normalized spacial score (nSPS) is 31.6. The van der Waals surface area contributed by atoms with Gasteiger partial charge >= 0.3 is 0 Å². The van der Waals surface area contributed by atoms with Crippen LogP contribution in [0.4, 0.5) is 0 Å². The van der Waals surface area contributed by atoms with Gasteiger partial charge in [0.25, 0.3) is 0 Å². The third-order valence-electron chi connectivity index (χ3n) is 4.26. The lowest BCUT2D eigenvalue weighted by Gasteiger charge is -2.41. The quantitative estimate of drug-likeness (QED) is 0.829. The van der Waals surface area contributed by atoms with E-state index in [0.717, 1.165) is 12.8 Å². The Balaban J connectivity index is 1.73. The number of hydrazine groups is 1. The molecule has 3 atom stereocenters. The topological polar surface area (TPSA) is 54.0 Å². The second kappa shape index (κ2) is 5.06. The minimum atomic E-state index is 0.186. The van der Waals surface area contributed by atoms with E-state index in [4.69, 9.17) is 0 Å². The first-order chi connectivity index (χ1) is 8.84. The van der Waals surface area contributed by atoms with Crippen molar-refractivity contribution < 1.29 is 4.79 Å². The summed E-state index contributed by atoms with van der Waals surface area (Å²) in [5.41, 5.74) is 7.32. The van der Waals surface area contributed by atoms with Crippen molar-refractivity contribution >= 4 is 5.91 Å². The van der Waals surface area contributed by atoms with E-state index in [0.29, 0.717) is 12.0 Å². The lowest BCUT2D eigenvalue weighted by atomic mass is 9.72. The van der Waals surface area contributed by atoms with Crippen molar-refractivity contribution in [3.05, 3.63) is 30.1 Å². The zero-order chi connectivity index (χ0) is 12.4. The molecule has 1 aliphatic carbocycles. The molecule has 2 aliphatic rings. The fraction of sp³-hybridized carbons (Fsp3) is 0.571. The van der Waals surface area contributed by atoms with Crippen LogP contribution in [0.5, 0.6) is 0 Å². The van der Waals surface area contributed by atoms with Crippen LogP contribution in [0.2, 0.25) is 0 Å². The van der Waals surface area contributed by atoms with E-state index in [1.54, 1.807) is 0 Å². The van der Waals surface area contributed by atoms with Crippen LogP contribution < -0.4 is 10.9 Å². The molecule has 1 aliphatic heterocycles. The van der Waals surface area contributed by atoms with Crippen LogP contribution in [0.3, 0.4) is 0 Å². The Morgan fingerprint density at radius 3 is 2.83 bits per heavy atom. The molecule has 1 aromatic rings. The SMILES string of the molecule is O=C1NNC(Cc2ccncc2)C2CCCCC12. The third kappa shape index (κ3) is 2.25. The summed E-state index contributed by atoms with van der Waals surface area (Å²) in [4.78, 5) is 15.9. The smallest absolute Gasteiger partial charge is 0.237 e. The summed E-state index contributed by atoms with van der Waals surface area (Å²) in [6.45, 7) is 0. The van der Waals surface area contributed by atoms with Crippen molar-refractivity contribution in [2.24, 2.45) is 11.8 Å². The first-order valence-corrected chi connectivity index (χ1v) is 6.79. The molecule has 0 radical (unpaired) electrons. The van der Waals surface area contributed by atoms with E-state index < -0.39 is 0 Å². The minimum Gasteiger partial charge on any atom is -0.291 e. The molecule has 2 heterocycles.